The zero-order valence-corrected chi connectivity index (χ0v) is 14.0. The van der Waals surface area contributed by atoms with Crippen LogP contribution in [-0.2, 0) is 45.3 Å². The van der Waals surface area contributed by atoms with Gasteiger partial charge in [0.05, 0.1) is 18.8 Å². The Labute approximate surface area is 159 Å². The molecule has 0 spiro atoms. The van der Waals surface area contributed by atoms with Crippen molar-refractivity contribution in [1.82, 2.24) is 0 Å². The third-order valence-electron chi connectivity index (χ3n) is 2.54. The predicted octanol–water partition coefficient (Wildman–Crippen LogP) is -6.50. The van der Waals surface area contributed by atoms with E-state index in [9.17, 15) is 44.1 Å². The van der Waals surface area contributed by atoms with Crippen LogP contribution in [0.3, 0.4) is 0 Å². The molecule has 0 heterocycles. The molecule has 0 aliphatic rings. The topological polar surface area (TPSA) is 273 Å². The standard InChI is InChI=1S/2C6H8O7.Ni/c2*7-3(8)1-6(13,5(11)12)2-4(9)10;/h2*13H,1-2H2,(H,7,8)(H,9,10)(H,11,12);/q;;+3/p-3. The molecule has 0 aromatic rings. The Bertz CT molecular complexity index is 513. The molecule has 0 aliphatic heterocycles. The summed E-state index contributed by atoms with van der Waals surface area (Å²) in [6, 6.07) is 0. The van der Waals surface area contributed by atoms with Gasteiger partial charge in [-0.3, -0.25) is 9.59 Å². The summed E-state index contributed by atoms with van der Waals surface area (Å²) in [7, 11) is 0. The summed E-state index contributed by atoms with van der Waals surface area (Å²) in [5, 5.41) is 72.7. The Kier molecular flexibility index (Phi) is 12.7. The molecule has 0 aromatic heterocycles. The SMILES string of the molecule is O=C(O)CC(O)(CC(=O)O)C(=O)O.O=C([O-])CC(O)(CC(=O)[O-])C(=O)[O-].[Ni+3]. The number of carbonyl (C=O) groups excluding carboxylic acids is 3. The molecule has 0 unspecified atom stereocenters. The minimum Gasteiger partial charge on any atom is -0.550 e. The molecule has 15 heteroatoms. The number of aliphatic hydroxyl groups is 2. The summed E-state index contributed by atoms with van der Waals surface area (Å²) in [5.41, 5.74) is -5.71. The van der Waals surface area contributed by atoms with Gasteiger partial charge >= 0.3 is 34.4 Å². The van der Waals surface area contributed by atoms with E-state index in [4.69, 9.17) is 25.5 Å². The van der Waals surface area contributed by atoms with Gasteiger partial charge < -0.3 is 55.2 Å². The largest absolute Gasteiger partial charge is 3.00 e. The van der Waals surface area contributed by atoms with E-state index in [1.807, 2.05) is 0 Å². The van der Waals surface area contributed by atoms with Crippen LogP contribution in [-0.4, -0.2) is 72.6 Å². The second-order valence-corrected chi connectivity index (χ2v) is 4.89. The summed E-state index contributed by atoms with van der Waals surface area (Å²) < 4.78 is 0. The molecule has 1 radical (unpaired) electrons. The van der Waals surface area contributed by atoms with Crippen LogP contribution < -0.4 is 15.3 Å². The van der Waals surface area contributed by atoms with Crippen LogP contribution in [0.25, 0.3) is 0 Å². The van der Waals surface area contributed by atoms with Crippen LogP contribution in [0, 0.1) is 0 Å². The Morgan fingerprint density at radius 3 is 1.07 bits per heavy atom. The van der Waals surface area contributed by atoms with Crippen molar-refractivity contribution in [1.29, 1.82) is 0 Å². The zero-order valence-electron chi connectivity index (χ0n) is 13.1. The van der Waals surface area contributed by atoms with Crippen LogP contribution in [0.4, 0.5) is 0 Å². The summed E-state index contributed by atoms with van der Waals surface area (Å²) >= 11 is 0. The van der Waals surface area contributed by atoms with Gasteiger partial charge in [-0.05, 0) is 0 Å². The van der Waals surface area contributed by atoms with Gasteiger partial charge in [-0.15, -0.1) is 0 Å². The second kappa shape index (κ2) is 11.8. The van der Waals surface area contributed by atoms with Gasteiger partial charge in [0.1, 0.15) is 5.60 Å². The van der Waals surface area contributed by atoms with Crippen molar-refractivity contribution < 1.29 is 86.1 Å². The molecule has 5 N–H and O–H groups in total. The van der Waals surface area contributed by atoms with E-state index in [1.54, 1.807) is 0 Å². The van der Waals surface area contributed by atoms with Gasteiger partial charge in [0, 0.05) is 24.8 Å². The van der Waals surface area contributed by atoms with Crippen LogP contribution in [0.5, 0.6) is 0 Å². The molecule has 0 saturated heterocycles. The molecule has 0 amide bonds. The maximum Gasteiger partial charge on any atom is 3.00 e. The first-order valence-corrected chi connectivity index (χ1v) is 6.28. The molecular weight excluding hydrogens is 427 g/mol. The van der Waals surface area contributed by atoms with Gasteiger partial charge in [0.2, 0.25) is 0 Å². The van der Waals surface area contributed by atoms with E-state index in [0.29, 0.717) is 0 Å². The number of rotatable bonds is 10. The molecule has 0 atom stereocenters. The number of carbonyl (C=O) groups is 6. The monoisotopic (exact) mass is 439 g/mol. The van der Waals surface area contributed by atoms with E-state index >= 15 is 0 Å². The zero-order chi connectivity index (χ0) is 21.3. The van der Waals surface area contributed by atoms with E-state index in [2.05, 4.69) is 0 Å². The van der Waals surface area contributed by atoms with Crippen molar-refractivity contribution in [3.8, 4) is 0 Å². The average molecular weight is 440 g/mol. The first-order chi connectivity index (χ1) is 11.6. The Morgan fingerprint density at radius 2 is 0.926 bits per heavy atom. The average Bonchev–Trinajstić information content (AvgIpc) is 2.34. The third kappa shape index (κ3) is 12.3. The fraction of sp³-hybridized carbons (Fsp3) is 0.500. The number of carboxylic acid groups (broad SMARTS) is 6. The van der Waals surface area contributed by atoms with Gasteiger partial charge in [0.25, 0.3) is 0 Å². The van der Waals surface area contributed by atoms with Gasteiger partial charge in [-0.2, -0.15) is 0 Å². The van der Waals surface area contributed by atoms with Crippen LogP contribution in [0.1, 0.15) is 25.7 Å². The van der Waals surface area contributed by atoms with Crippen LogP contribution >= 0.6 is 0 Å². The molecule has 0 rings (SSSR count). The van der Waals surface area contributed by atoms with Crippen molar-refractivity contribution in [2.45, 2.75) is 36.9 Å². The van der Waals surface area contributed by atoms with Crippen LogP contribution in [0.15, 0.2) is 0 Å². The van der Waals surface area contributed by atoms with Gasteiger partial charge in [0.15, 0.2) is 5.60 Å². The smallest absolute Gasteiger partial charge is 0.550 e. The Balaban J connectivity index is -0.000000411. The third-order valence-corrected chi connectivity index (χ3v) is 2.54. The predicted molar refractivity (Wildman–Crippen MR) is 66.3 cm³/mol. The van der Waals surface area contributed by atoms with Crippen molar-refractivity contribution in [3.05, 3.63) is 0 Å². The van der Waals surface area contributed by atoms with Crippen molar-refractivity contribution >= 4 is 35.8 Å². The second-order valence-electron chi connectivity index (χ2n) is 4.89. The van der Waals surface area contributed by atoms with E-state index in [-0.39, 0.29) is 16.5 Å². The molecule has 0 aliphatic carbocycles. The van der Waals surface area contributed by atoms with Crippen molar-refractivity contribution in [3.63, 3.8) is 0 Å². The quantitative estimate of drug-likeness (QED) is 0.198. The fourth-order valence-corrected chi connectivity index (χ4v) is 1.40. The van der Waals surface area contributed by atoms with Crippen molar-refractivity contribution in [2.24, 2.45) is 0 Å². The Morgan fingerprint density at radius 1 is 0.630 bits per heavy atom. The summed E-state index contributed by atoms with van der Waals surface area (Å²) in [6.07, 6.45) is -5.00. The maximum absolute atomic E-state index is 10.3. The summed E-state index contributed by atoms with van der Waals surface area (Å²) in [4.78, 5) is 60.5. The summed E-state index contributed by atoms with van der Waals surface area (Å²) in [6.45, 7) is 0. The van der Waals surface area contributed by atoms with E-state index < -0.39 is 72.7 Å². The first-order valence-electron chi connectivity index (χ1n) is 6.28. The fourth-order valence-electron chi connectivity index (χ4n) is 1.40. The molecule has 0 fully saturated rings. The molecule has 0 bridgehead atoms. The molecular formula is C12H13NiO14. The molecule has 14 nitrogen and oxygen atoms in total. The minimum atomic E-state index is -2.97. The van der Waals surface area contributed by atoms with E-state index in [1.165, 1.54) is 0 Å². The van der Waals surface area contributed by atoms with Gasteiger partial charge in [-0.1, -0.05) is 0 Å². The normalized spacial score (nSPS) is 10.4. The maximum atomic E-state index is 10.3. The van der Waals surface area contributed by atoms with E-state index in [0.717, 1.165) is 0 Å². The minimum absolute atomic E-state index is 0. The number of hydrogen-bond donors (Lipinski definition) is 5. The summed E-state index contributed by atoms with van der Waals surface area (Å²) in [5.74, 6) is -11.0. The number of hydrogen-bond acceptors (Lipinski definition) is 11. The Hall–Kier alpha value is -2.77. The number of carboxylic acids is 6. The molecule has 0 saturated carbocycles. The molecule has 0 aromatic carbocycles. The van der Waals surface area contributed by atoms with Crippen LogP contribution in [0.2, 0.25) is 0 Å². The first kappa shape index (κ1) is 29.0. The molecule has 155 valence electrons. The molecule has 27 heavy (non-hydrogen) atoms. The number of aliphatic carboxylic acids is 6. The van der Waals surface area contributed by atoms with Gasteiger partial charge in [-0.25, -0.2) is 4.79 Å². The van der Waals surface area contributed by atoms with Crippen molar-refractivity contribution in [2.75, 3.05) is 0 Å².